The van der Waals surface area contributed by atoms with Gasteiger partial charge in [0.2, 0.25) is 5.91 Å². The Labute approximate surface area is 202 Å². The van der Waals surface area contributed by atoms with Crippen LogP contribution in [0.3, 0.4) is 0 Å². The monoisotopic (exact) mass is 486 g/mol. The number of morpholine rings is 1. The molecule has 1 N–H and O–H groups in total. The van der Waals surface area contributed by atoms with Crippen LogP contribution < -0.4 is 5.32 Å². The van der Waals surface area contributed by atoms with E-state index >= 15 is 0 Å². The number of thioether (sulfide) groups is 1. The second-order valence-electron chi connectivity index (χ2n) is 8.59. The van der Waals surface area contributed by atoms with Crippen LogP contribution in [-0.4, -0.2) is 61.6 Å². The van der Waals surface area contributed by atoms with E-state index in [0.29, 0.717) is 10.3 Å². The number of aromatic nitrogens is 4. The fourth-order valence-corrected chi connectivity index (χ4v) is 5.55. The molecular weight excluding hydrogens is 456 g/mol. The molecule has 4 rings (SSSR count). The largest absolute Gasteiger partial charge is 0.373 e. The minimum Gasteiger partial charge on any atom is -0.373 e. The van der Waals surface area contributed by atoms with Gasteiger partial charge in [-0.1, -0.05) is 23.9 Å². The number of benzene rings is 1. The van der Waals surface area contributed by atoms with E-state index in [9.17, 15) is 4.79 Å². The van der Waals surface area contributed by atoms with E-state index < -0.39 is 0 Å². The van der Waals surface area contributed by atoms with Crippen LogP contribution in [0.4, 0.5) is 5.13 Å². The minimum absolute atomic E-state index is 0.109. The van der Waals surface area contributed by atoms with Gasteiger partial charge >= 0.3 is 0 Å². The molecule has 8 nitrogen and oxygen atoms in total. The average Bonchev–Trinajstić information content (AvgIpc) is 3.33. The van der Waals surface area contributed by atoms with Crippen LogP contribution in [0.2, 0.25) is 0 Å². The highest BCUT2D eigenvalue weighted by Gasteiger charge is 2.23. The Morgan fingerprint density at radius 3 is 2.73 bits per heavy atom. The highest BCUT2D eigenvalue weighted by atomic mass is 32.2. The van der Waals surface area contributed by atoms with Gasteiger partial charge in [-0.15, -0.1) is 21.5 Å². The van der Waals surface area contributed by atoms with Gasteiger partial charge in [0.05, 0.1) is 29.3 Å². The first-order chi connectivity index (χ1) is 15.8. The SMILES string of the molecule is Cc1ccc(C)c(-n2c(C)nnc2SCC(=O)Nc2nc(CN3CC(C)OC(C)C3)cs2)c1. The van der Waals surface area contributed by atoms with Crippen molar-refractivity contribution in [2.24, 2.45) is 0 Å². The number of hydrogen-bond acceptors (Lipinski definition) is 8. The number of aryl methyl sites for hydroxylation is 3. The number of hydrogen-bond donors (Lipinski definition) is 1. The summed E-state index contributed by atoms with van der Waals surface area (Å²) in [6.07, 6.45) is 0.440. The van der Waals surface area contributed by atoms with E-state index in [-0.39, 0.29) is 23.9 Å². The van der Waals surface area contributed by atoms with Crippen LogP contribution in [0.5, 0.6) is 0 Å². The molecule has 0 radical (unpaired) electrons. The lowest BCUT2D eigenvalue weighted by Gasteiger charge is -2.34. The first-order valence-corrected chi connectivity index (χ1v) is 12.9. The molecule has 0 spiro atoms. The zero-order chi connectivity index (χ0) is 23.5. The Balaban J connectivity index is 1.35. The summed E-state index contributed by atoms with van der Waals surface area (Å²) in [7, 11) is 0. The molecule has 0 aliphatic carbocycles. The van der Waals surface area contributed by atoms with Gasteiger partial charge in [-0.2, -0.15) is 0 Å². The number of ether oxygens (including phenoxy) is 1. The Morgan fingerprint density at radius 1 is 1.21 bits per heavy atom. The maximum absolute atomic E-state index is 12.6. The molecular formula is C23H30N6O2S2. The first kappa shape index (κ1) is 23.9. The van der Waals surface area contributed by atoms with Crippen LogP contribution in [0, 0.1) is 20.8 Å². The van der Waals surface area contributed by atoms with Gasteiger partial charge in [-0.05, 0) is 51.8 Å². The topological polar surface area (TPSA) is 85.2 Å². The standard InChI is InChI=1S/C23H30N6O2S2/c1-14-6-7-15(2)20(8-14)29-18(5)26-27-23(29)33-13-21(30)25-22-24-19(12-32-22)11-28-9-16(3)31-17(4)10-28/h6-8,12,16-17H,9-11,13H2,1-5H3,(H,24,25,30). The normalized spacial score (nSPS) is 19.1. The lowest BCUT2D eigenvalue weighted by atomic mass is 10.1. The molecule has 1 aliphatic rings. The van der Waals surface area contributed by atoms with Gasteiger partial charge in [0.25, 0.3) is 0 Å². The highest BCUT2D eigenvalue weighted by molar-refractivity contribution is 7.99. The molecule has 2 aromatic heterocycles. The van der Waals surface area contributed by atoms with Crippen molar-refractivity contribution >= 4 is 34.1 Å². The molecule has 10 heteroatoms. The Hall–Kier alpha value is -2.27. The summed E-state index contributed by atoms with van der Waals surface area (Å²) in [5, 5.41) is 14.8. The number of nitrogens with one attached hydrogen (secondary N) is 1. The van der Waals surface area contributed by atoms with Crippen molar-refractivity contribution in [2.45, 2.75) is 58.5 Å². The Kier molecular flexibility index (Phi) is 7.48. The van der Waals surface area contributed by atoms with Gasteiger partial charge in [-0.3, -0.25) is 14.3 Å². The van der Waals surface area contributed by atoms with Crippen LogP contribution in [0.15, 0.2) is 28.7 Å². The Bertz CT molecular complexity index is 1120. The molecule has 1 aromatic carbocycles. The molecule has 0 saturated carbocycles. The third-order valence-corrected chi connectivity index (χ3v) is 7.15. The molecule has 3 heterocycles. The van der Waals surface area contributed by atoms with E-state index in [1.165, 1.54) is 23.1 Å². The fraction of sp³-hybridized carbons (Fsp3) is 0.478. The van der Waals surface area contributed by atoms with Crippen molar-refractivity contribution in [1.82, 2.24) is 24.6 Å². The minimum atomic E-state index is -0.109. The number of carbonyl (C=O) groups is 1. The molecule has 1 aliphatic heterocycles. The number of rotatable bonds is 7. The fourth-order valence-electron chi connectivity index (χ4n) is 4.04. The lowest BCUT2D eigenvalue weighted by Crippen LogP contribution is -2.44. The number of amides is 1. The zero-order valence-electron chi connectivity index (χ0n) is 19.7. The number of carbonyl (C=O) groups excluding carboxylic acids is 1. The number of nitrogens with zero attached hydrogens (tertiary/aromatic N) is 5. The Morgan fingerprint density at radius 2 is 1.97 bits per heavy atom. The summed E-state index contributed by atoms with van der Waals surface area (Å²) >= 11 is 2.83. The summed E-state index contributed by atoms with van der Waals surface area (Å²) in [5.74, 6) is 0.918. The van der Waals surface area contributed by atoms with Gasteiger partial charge in [0.15, 0.2) is 10.3 Å². The second kappa shape index (κ2) is 10.3. The summed E-state index contributed by atoms with van der Waals surface area (Å²) in [4.78, 5) is 19.5. The quantitative estimate of drug-likeness (QED) is 0.506. The van der Waals surface area contributed by atoms with Crippen molar-refractivity contribution in [3.05, 3.63) is 46.2 Å². The zero-order valence-corrected chi connectivity index (χ0v) is 21.3. The smallest absolute Gasteiger partial charge is 0.236 e. The predicted octanol–water partition coefficient (Wildman–Crippen LogP) is 3.99. The van der Waals surface area contributed by atoms with Gasteiger partial charge < -0.3 is 10.1 Å². The van der Waals surface area contributed by atoms with E-state index in [4.69, 9.17) is 4.74 Å². The van der Waals surface area contributed by atoms with E-state index in [2.05, 4.69) is 71.3 Å². The molecule has 33 heavy (non-hydrogen) atoms. The molecule has 1 amide bonds. The predicted molar refractivity (Wildman–Crippen MR) is 132 cm³/mol. The van der Waals surface area contributed by atoms with Crippen LogP contribution in [0.1, 0.15) is 36.5 Å². The first-order valence-electron chi connectivity index (χ1n) is 11.0. The number of thiazole rings is 1. The molecule has 1 fully saturated rings. The number of anilines is 1. The molecule has 176 valence electrons. The third-order valence-electron chi connectivity index (χ3n) is 5.41. The van der Waals surface area contributed by atoms with Crippen molar-refractivity contribution < 1.29 is 9.53 Å². The van der Waals surface area contributed by atoms with E-state index in [0.717, 1.165) is 48.0 Å². The van der Waals surface area contributed by atoms with E-state index in [1.54, 1.807) is 0 Å². The molecule has 0 bridgehead atoms. The van der Waals surface area contributed by atoms with Crippen molar-refractivity contribution in [2.75, 3.05) is 24.2 Å². The van der Waals surface area contributed by atoms with Gasteiger partial charge in [0.1, 0.15) is 5.82 Å². The van der Waals surface area contributed by atoms with Gasteiger partial charge in [-0.25, -0.2) is 4.98 Å². The summed E-state index contributed by atoms with van der Waals surface area (Å²) in [5.41, 5.74) is 4.30. The van der Waals surface area contributed by atoms with Crippen LogP contribution >= 0.6 is 23.1 Å². The van der Waals surface area contributed by atoms with Crippen LogP contribution in [0.25, 0.3) is 5.69 Å². The van der Waals surface area contributed by atoms with Gasteiger partial charge in [0, 0.05) is 25.0 Å². The maximum atomic E-state index is 12.6. The molecule has 3 aromatic rings. The molecule has 2 atom stereocenters. The van der Waals surface area contributed by atoms with Crippen molar-refractivity contribution in [1.29, 1.82) is 0 Å². The second-order valence-corrected chi connectivity index (χ2v) is 10.4. The lowest BCUT2D eigenvalue weighted by molar-refractivity contribution is -0.113. The summed E-state index contributed by atoms with van der Waals surface area (Å²) in [6.45, 7) is 12.8. The third kappa shape index (κ3) is 6.00. The maximum Gasteiger partial charge on any atom is 0.236 e. The molecule has 2 unspecified atom stereocenters. The average molecular weight is 487 g/mol. The summed E-state index contributed by atoms with van der Waals surface area (Å²) in [6, 6.07) is 6.29. The summed E-state index contributed by atoms with van der Waals surface area (Å²) < 4.78 is 7.80. The van der Waals surface area contributed by atoms with E-state index in [1.807, 2.05) is 16.9 Å². The van der Waals surface area contributed by atoms with Crippen LogP contribution in [-0.2, 0) is 16.1 Å². The van der Waals surface area contributed by atoms with Crippen molar-refractivity contribution in [3.63, 3.8) is 0 Å². The molecule has 1 saturated heterocycles. The highest BCUT2D eigenvalue weighted by Crippen LogP contribution is 2.25. The van der Waals surface area contributed by atoms with Crippen molar-refractivity contribution in [3.8, 4) is 5.69 Å².